The molecule has 1 fully saturated rings. The smallest absolute Gasteiger partial charge is 0.416 e. The van der Waals surface area contributed by atoms with Gasteiger partial charge in [0, 0.05) is 37.3 Å². The van der Waals surface area contributed by atoms with E-state index in [4.69, 9.17) is 9.47 Å². The van der Waals surface area contributed by atoms with Crippen LogP contribution in [0, 0.1) is 0 Å². The zero-order chi connectivity index (χ0) is 24.3. The Labute approximate surface area is 194 Å². The number of piperazine rings is 1. The number of rotatable bonds is 5. The number of amides is 1. The maximum Gasteiger partial charge on any atom is 0.416 e. The highest BCUT2D eigenvalue weighted by molar-refractivity contribution is 5.94. The van der Waals surface area contributed by atoms with Crippen molar-refractivity contribution in [2.24, 2.45) is 0 Å². The highest BCUT2D eigenvalue weighted by Crippen LogP contribution is 2.32. The fourth-order valence-corrected chi connectivity index (χ4v) is 3.77. The zero-order valence-electron chi connectivity index (χ0n) is 18.7. The Hall–Kier alpha value is -3.82. The molecule has 0 bridgehead atoms. The third-order valence-corrected chi connectivity index (χ3v) is 5.68. The number of aromatic nitrogens is 2. The molecule has 0 spiro atoms. The molecular weight excluding hydrogens is 449 g/mol. The minimum Gasteiger partial charge on any atom is -0.493 e. The number of ether oxygens (including phenoxy) is 2. The molecule has 2 heterocycles. The summed E-state index contributed by atoms with van der Waals surface area (Å²) in [6.45, 7) is 1.94. The van der Waals surface area contributed by atoms with Crippen LogP contribution in [0.2, 0.25) is 0 Å². The van der Waals surface area contributed by atoms with E-state index in [0.717, 1.165) is 17.7 Å². The van der Waals surface area contributed by atoms with E-state index in [1.54, 1.807) is 25.2 Å². The van der Waals surface area contributed by atoms with Gasteiger partial charge < -0.3 is 19.3 Å². The van der Waals surface area contributed by atoms with Crippen molar-refractivity contribution in [2.45, 2.75) is 6.18 Å². The monoisotopic (exact) mass is 472 g/mol. The van der Waals surface area contributed by atoms with Crippen LogP contribution < -0.4 is 14.4 Å². The molecule has 7 nitrogen and oxygen atoms in total. The van der Waals surface area contributed by atoms with Crippen molar-refractivity contribution in [1.29, 1.82) is 0 Å². The van der Waals surface area contributed by atoms with E-state index < -0.39 is 11.7 Å². The summed E-state index contributed by atoms with van der Waals surface area (Å²) < 4.78 is 48.8. The molecule has 2 aromatic carbocycles. The molecule has 1 saturated heterocycles. The lowest BCUT2D eigenvalue weighted by atomic mass is 10.1. The predicted octanol–water partition coefficient (Wildman–Crippen LogP) is 4.14. The van der Waals surface area contributed by atoms with Gasteiger partial charge in [-0.2, -0.15) is 13.2 Å². The third kappa shape index (κ3) is 4.90. The van der Waals surface area contributed by atoms with Crippen LogP contribution in [0.1, 0.15) is 15.9 Å². The van der Waals surface area contributed by atoms with Crippen LogP contribution in [0.4, 0.5) is 19.0 Å². The topological polar surface area (TPSA) is 67.8 Å². The summed E-state index contributed by atoms with van der Waals surface area (Å²) in [5, 5.41) is 8.66. The number of benzene rings is 2. The summed E-state index contributed by atoms with van der Waals surface area (Å²) in [4.78, 5) is 16.3. The summed E-state index contributed by atoms with van der Waals surface area (Å²) in [6.07, 6.45) is -4.43. The first-order valence-corrected chi connectivity index (χ1v) is 10.6. The minimum atomic E-state index is -4.43. The molecule has 34 heavy (non-hydrogen) atoms. The lowest BCUT2D eigenvalue weighted by Gasteiger charge is -2.35. The maximum absolute atomic E-state index is 12.7. The molecule has 1 aliphatic rings. The Morgan fingerprint density at radius 2 is 1.53 bits per heavy atom. The lowest BCUT2D eigenvalue weighted by Crippen LogP contribution is -2.49. The number of anilines is 1. The van der Waals surface area contributed by atoms with Crippen LogP contribution in [0.5, 0.6) is 11.5 Å². The Bertz CT molecular complexity index is 1140. The first kappa shape index (κ1) is 23.3. The number of carbonyl (C=O) groups is 1. The van der Waals surface area contributed by atoms with Crippen LogP contribution in [0.25, 0.3) is 11.3 Å². The molecule has 4 rings (SSSR count). The van der Waals surface area contributed by atoms with Gasteiger partial charge in [-0.1, -0.05) is 0 Å². The number of hydrogen-bond donors (Lipinski definition) is 0. The van der Waals surface area contributed by atoms with Gasteiger partial charge in [-0.05, 0) is 54.6 Å². The van der Waals surface area contributed by atoms with Gasteiger partial charge in [-0.15, -0.1) is 10.2 Å². The van der Waals surface area contributed by atoms with Gasteiger partial charge in [0.05, 0.1) is 25.5 Å². The lowest BCUT2D eigenvalue weighted by molar-refractivity contribution is -0.137. The second-order valence-corrected chi connectivity index (χ2v) is 7.70. The number of methoxy groups -OCH3 is 2. The van der Waals surface area contributed by atoms with E-state index in [2.05, 4.69) is 10.2 Å². The number of alkyl halides is 3. The van der Waals surface area contributed by atoms with Crippen LogP contribution in [0.15, 0.2) is 54.6 Å². The van der Waals surface area contributed by atoms with Crippen LogP contribution >= 0.6 is 0 Å². The normalized spacial score (nSPS) is 14.1. The van der Waals surface area contributed by atoms with Crippen molar-refractivity contribution in [3.8, 4) is 22.8 Å². The van der Waals surface area contributed by atoms with Gasteiger partial charge >= 0.3 is 6.18 Å². The van der Waals surface area contributed by atoms with Crippen molar-refractivity contribution in [3.05, 3.63) is 65.7 Å². The molecule has 1 amide bonds. The molecule has 1 aromatic heterocycles. The van der Waals surface area contributed by atoms with Crippen LogP contribution in [-0.4, -0.2) is 61.4 Å². The fourth-order valence-electron chi connectivity index (χ4n) is 3.77. The van der Waals surface area contributed by atoms with E-state index in [0.29, 0.717) is 49.2 Å². The molecule has 1 aliphatic heterocycles. The fraction of sp³-hybridized carbons (Fsp3) is 0.292. The van der Waals surface area contributed by atoms with Crippen molar-refractivity contribution in [1.82, 2.24) is 15.1 Å². The van der Waals surface area contributed by atoms with Gasteiger partial charge in [0.25, 0.3) is 5.91 Å². The average molecular weight is 472 g/mol. The van der Waals surface area contributed by atoms with Gasteiger partial charge in [0.1, 0.15) is 0 Å². The summed E-state index contributed by atoms with van der Waals surface area (Å²) in [5.41, 5.74) is 0.981. The highest BCUT2D eigenvalue weighted by Gasteiger charge is 2.31. The van der Waals surface area contributed by atoms with Gasteiger partial charge in [-0.25, -0.2) is 0 Å². The van der Waals surface area contributed by atoms with E-state index in [-0.39, 0.29) is 11.5 Å². The van der Waals surface area contributed by atoms with Crippen molar-refractivity contribution in [3.63, 3.8) is 0 Å². The molecule has 10 heteroatoms. The van der Waals surface area contributed by atoms with E-state index >= 15 is 0 Å². The predicted molar refractivity (Wildman–Crippen MR) is 120 cm³/mol. The number of halogens is 3. The van der Waals surface area contributed by atoms with Gasteiger partial charge in [-0.3, -0.25) is 4.79 Å². The van der Waals surface area contributed by atoms with Gasteiger partial charge in [0.2, 0.25) is 0 Å². The van der Waals surface area contributed by atoms with Crippen LogP contribution in [-0.2, 0) is 6.18 Å². The van der Waals surface area contributed by atoms with E-state index in [9.17, 15) is 18.0 Å². The molecule has 0 N–H and O–H groups in total. The molecular formula is C24H23F3N4O3. The molecule has 0 radical (unpaired) electrons. The average Bonchev–Trinajstić information content (AvgIpc) is 2.87. The minimum absolute atomic E-state index is 0.237. The van der Waals surface area contributed by atoms with E-state index in [1.807, 2.05) is 29.2 Å². The highest BCUT2D eigenvalue weighted by atomic mass is 19.4. The third-order valence-electron chi connectivity index (χ3n) is 5.68. The SMILES string of the molecule is COc1ccc(-c2ccc(N3CCN(C(=O)c4ccc(C(F)(F)F)cc4)CC3)nn2)cc1OC. The molecule has 3 aromatic rings. The van der Waals surface area contributed by atoms with Crippen molar-refractivity contribution < 1.29 is 27.4 Å². The van der Waals surface area contributed by atoms with Crippen molar-refractivity contribution >= 4 is 11.7 Å². The summed E-state index contributed by atoms with van der Waals surface area (Å²) in [6, 6.07) is 13.5. The van der Waals surface area contributed by atoms with Gasteiger partial charge in [0.15, 0.2) is 17.3 Å². The standard InChI is InChI=1S/C24H23F3N4O3/c1-33-20-9-5-17(15-21(20)34-2)19-8-10-22(29-28-19)30-11-13-31(14-12-30)23(32)16-3-6-18(7-4-16)24(25,26)27/h3-10,15H,11-14H2,1-2H3. The Balaban J connectivity index is 1.38. The molecule has 0 atom stereocenters. The Morgan fingerprint density at radius 3 is 2.09 bits per heavy atom. The Morgan fingerprint density at radius 1 is 0.853 bits per heavy atom. The first-order valence-electron chi connectivity index (χ1n) is 10.6. The molecule has 0 aliphatic carbocycles. The summed E-state index contributed by atoms with van der Waals surface area (Å²) in [7, 11) is 3.14. The number of carbonyl (C=O) groups excluding carboxylic acids is 1. The van der Waals surface area contributed by atoms with E-state index in [1.165, 1.54) is 12.1 Å². The van der Waals surface area contributed by atoms with Crippen molar-refractivity contribution in [2.75, 3.05) is 45.3 Å². The summed E-state index contributed by atoms with van der Waals surface area (Å²) >= 11 is 0. The number of nitrogens with zero attached hydrogens (tertiary/aromatic N) is 4. The quantitative estimate of drug-likeness (QED) is 0.556. The zero-order valence-corrected chi connectivity index (χ0v) is 18.7. The summed E-state index contributed by atoms with van der Waals surface area (Å²) in [5.74, 6) is 1.62. The van der Waals surface area contributed by atoms with Crippen LogP contribution in [0.3, 0.4) is 0 Å². The second kappa shape index (κ2) is 9.58. The number of hydrogen-bond acceptors (Lipinski definition) is 6. The maximum atomic E-state index is 12.7. The Kier molecular flexibility index (Phi) is 6.58. The molecule has 0 unspecified atom stereocenters. The first-order chi connectivity index (χ1) is 16.3. The molecule has 178 valence electrons. The molecule has 0 saturated carbocycles. The second-order valence-electron chi connectivity index (χ2n) is 7.70. The largest absolute Gasteiger partial charge is 0.493 e.